The molecule has 1 unspecified atom stereocenters. The molecule has 4 heteroatoms. The zero-order valence-corrected chi connectivity index (χ0v) is 11.7. The van der Waals surface area contributed by atoms with Gasteiger partial charge < -0.3 is 15.4 Å². The van der Waals surface area contributed by atoms with E-state index in [1.165, 1.54) is 11.3 Å². The molecular weight excluding hydrogens is 280 g/mol. The van der Waals surface area contributed by atoms with E-state index in [0.29, 0.717) is 6.54 Å². The number of anilines is 1. The average Bonchev–Trinajstić information content (AvgIpc) is 2.53. The summed E-state index contributed by atoms with van der Waals surface area (Å²) < 4.78 is 6.75. The normalized spacial score (nSPS) is 21.4. The Morgan fingerprint density at radius 3 is 3.12 bits per heavy atom. The Morgan fingerprint density at radius 1 is 1.53 bits per heavy atom. The minimum absolute atomic E-state index is 0.284. The van der Waals surface area contributed by atoms with E-state index < -0.39 is 0 Å². The van der Waals surface area contributed by atoms with E-state index in [0.717, 1.165) is 30.6 Å². The van der Waals surface area contributed by atoms with Gasteiger partial charge in [-0.2, -0.15) is 0 Å². The van der Waals surface area contributed by atoms with Crippen molar-refractivity contribution >= 4 is 21.6 Å². The first-order valence-electron chi connectivity index (χ1n) is 6.05. The maximum absolute atomic E-state index is 5.82. The van der Waals surface area contributed by atoms with Gasteiger partial charge in [-0.15, -0.1) is 0 Å². The predicted octanol–water partition coefficient (Wildman–Crippen LogP) is 2.52. The van der Waals surface area contributed by atoms with Crippen molar-refractivity contribution in [2.45, 2.75) is 26.0 Å². The number of nitrogens with two attached hydrogens (primary N) is 1. The highest BCUT2D eigenvalue weighted by molar-refractivity contribution is 9.10. The van der Waals surface area contributed by atoms with Crippen molar-refractivity contribution in [3.63, 3.8) is 0 Å². The van der Waals surface area contributed by atoms with Crippen LogP contribution in [0.15, 0.2) is 22.7 Å². The molecule has 0 spiro atoms. The molecule has 1 atom stereocenters. The van der Waals surface area contributed by atoms with Crippen LogP contribution in [0.5, 0.6) is 0 Å². The molecule has 0 radical (unpaired) electrons. The van der Waals surface area contributed by atoms with Crippen molar-refractivity contribution < 1.29 is 4.74 Å². The Bertz CT molecular complexity index is 384. The first kappa shape index (κ1) is 12.9. The van der Waals surface area contributed by atoms with E-state index in [-0.39, 0.29) is 6.10 Å². The summed E-state index contributed by atoms with van der Waals surface area (Å²) in [4.78, 5) is 2.38. The minimum atomic E-state index is 0.284. The van der Waals surface area contributed by atoms with E-state index in [1.54, 1.807) is 0 Å². The lowest BCUT2D eigenvalue weighted by atomic mass is 10.1. The first-order chi connectivity index (χ1) is 8.20. The number of benzene rings is 1. The van der Waals surface area contributed by atoms with E-state index in [4.69, 9.17) is 10.5 Å². The summed E-state index contributed by atoms with van der Waals surface area (Å²) in [7, 11) is 0. The maximum atomic E-state index is 5.82. The lowest BCUT2D eigenvalue weighted by molar-refractivity contribution is 0.0821. The second-order valence-corrected chi connectivity index (χ2v) is 5.37. The first-order valence-corrected chi connectivity index (χ1v) is 6.85. The molecule has 0 saturated carbocycles. The molecule has 1 heterocycles. The van der Waals surface area contributed by atoms with Gasteiger partial charge in [0.25, 0.3) is 0 Å². The largest absolute Gasteiger partial charge is 0.377 e. The molecule has 0 amide bonds. The van der Waals surface area contributed by atoms with Gasteiger partial charge >= 0.3 is 0 Å². The highest BCUT2D eigenvalue weighted by atomic mass is 79.9. The van der Waals surface area contributed by atoms with Crippen molar-refractivity contribution in [3.05, 3.63) is 28.2 Å². The molecule has 2 N–H and O–H groups in total. The second kappa shape index (κ2) is 5.85. The van der Waals surface area contributed by atoms with Crippen LogP contribution in [0.25, 0.3) is 0 Å². The summed E-state index contributed by atoms with van der Waals surface area (Å²) in [5.74, 6) is 0. The Kier molecular flexibility index (Phi) is 4.42. The molecule has 1 aromatic rings. The molecule has 94 valence electrons. The molecule has 1 aromatic carbocycles. The SMILES string of the molecule is CC1CN(c2ccc(Br)cc2CN)CCCO1. The average molecular weight is 299 g/mol. The third-order valence-electron chi connectivity index (χ3n) is 3.05. The maximum Gasteiger partial charge on any atom is 0.0721 e. The van der Waals surface area contributed by atoms with Crippen LogP contribution >= 0.6 is 15.9 Å². The van der Waals surface area contributed by atoms with Gasteiger partial charge in [0.15, 0.2) is 0 Å². The topological polar surface area (TPSA) is 38.5 Å². The third kappa shape index (κ3) is 3.21. The molecule has 1 aliphatic heterocycles. The fraction of sp³-hybridized carbons (Fsp3) is 0.538. The molecule has 2 rings (SSSR count). The number of rotatable bonds is 2. The lowest BCUT2D eigenvalue weighted by Crippen LogP contribution is -2.31. The molecule has 1 fully saturated rings. The van der Waals surface area contributed by atoms with E-state index in [9.17, 15) is 0 Å². The highest BCUT2D eigenvalue weighted by Gasteiger charge is 2.17. The molecule has 1 saturated heterocycles. The predicted molar refractivity (Wildman–Crippen MR) is 74.3 cm³/mol. The summed E-state index contributed by atoms with van der Waals surface area (Å²) >= 11 is 3.49. The molecule has 1 aliphatic rings. The van der Waals surface area contributed by atoms with Crippen LogP contribution in [0.4, 0.5) is 5.69 Å². The fourth-order valence-corrected chi connectivity index (χ4v) is 2.65. The van der Waals surface area contributed by atoms with E-state index >= 15 is 0 Å². The van der Waals surface area contributed by atoms with Crippen molar-refractivity contribution in [2.75, 3.05) is 24.6 Å². The van der Waals surface area contributed by atoms with Crippen LogP contribution in [0.2, 0.25) is 0 Å². The van der Waals surface area contributed by atoms with Crippen molar-refractivity contribution in [1.29, 1.82) is 0 Å². The smallest absolute Gasteiger partial charge is 0.0721 e. The van der Waals surface area contributed by atoms with Crippen LogP contribution in [0.1, 0.15) is 18.9 Å². The Labute approximate surface area is 111 Å². The van der Waals surface area contributed by atoms with Gasteiger partial charge in [0.1, 0.15) is 0 Å². The summed E-state index contributed by atoms with van der Waals surface area (Å²) in [6.07, 6.45) is 1.36. The zero-order chi connectivity index (χ0) is 12.3. The van der Waals surface area contributed by atoms with Crippen LogP contribution in [0, 0.1) is 0 Å². The zero-order valence-electron chi connectivity index (χ0n) is 10.2. The van der Waals surface area contributed by atoms with Gasteiger partial charge in [-0.25, -0.2) is 0 Å². The minimum Gasteiger partial charge on any atom is -0.377 e. The van der Waals surface area contributed by atoms with Gasteiger partial charge in [-0.05, 0) is 37.1 Å². The molecule has 3 nitrogen and oxygen atoms in total. The number of hydrogen-bond donors (Lipinski definition) is 1. The summed E-state index contributed by atoms with van der Waals surface area (Å²) in [5, 5.41) is 0. The summed E-state index contributed by atoms with van der Waals surface area (Å²) in [6, 6.07) is 6.32. The molecule has 17 heavy (non-hydrogen) atoms. The van der Waals surface area contributed by atoms with E-state index in [1.807, 2.05) is 0 Å². The Hall–Kier alpha value is -0.580. The van der Waals surface area contributed by atoms with Gasteiger partial charge in [0.05, 0.1) is 6.10 Å². The highest BCUT2D eigenvalue weighted by Crippen LogP contribution is 2.25. The van der Waals surface area contributed by atoms with Crippen LogP contribution in [0.3, 0.4) is 0 Å². The van der Waals surface area contributed by atoms with Crippen molar-refractivity contribution in [2.24, 2.45) is 5.73 Å². The summed E-state index contributed by atoms with van der Waals surface area (Å²) in [5.41, 5.74) is 8.25. The monoisotopic (exact) mass is 298 g/mol. The van der Waals surface area contributed by atoms with Gasteiger partial charge in [-0.3, -0.25) is 0 Å². The number of nitrogens with zero attached hydrogens (tertiary/aromatic N) is 1. The molecular formula is C13H19BrN2O. The van der Waals surface area contributed by atoms with Crippen LogP contribution in [-0.4, -0.2) is 25.8 Å². The third-order valence-corrected chi connectivity index (χ3v) is 3.55. The van der Waals surface area contributed by atoms with Gasteiger partial charge in [0, 0.05) is 36.4 Å². The molecule has 0 aliphatic carbocycles. The Morgan fingerprint density at radius 2 is 2.35 bits per heavy atom. The number of ether oxygens (including phenoxy) is 1. The summed E-state index contributed by atoms with van der Waals surface area (Å²) in [6.45, 7) is 5.53. The van der Waals surface area contributed by atoms with Crippen LogP contribution < -0.4 is 10.6 Å². The Balaban J connectivity index is 2.25. The van der Waals surface area contributed by atoms with Gasteiger partial charge in [-0.1, -0.05) is 15.9 Å². The van der Waals surface area contributed by atoms with Crippen molar-refractivity contribution in [1.82, 2.24) is 0 Å². The number of halogens is 1. The standard InChI is InChI=1S/C13H19BrN2O/c1-10-9-16(5-2-6-17-10)13-4-3-12(14)7-11(13)8-15/h3-4,7,10H,2,5-6,8-9,15H2,1H3. The van der Waals surface area contributed by atoms with E-state index in [2.05, 4.69) is 46.0 Å². The molecule has 0 aromatic heterocycles. The second-order valence-electron chi connectivity index (χ2n) is 4.46. The fourth-order valence-electron chi connectivity index (χ4n) is 2.24. The number of hydrogen-bond acceptors (Lipinski definition) is 3. The van der Waals surface area contributed by atoms with Gasteiger partial charge in [0.2, 0.25) is 0 Å². The quantitative estimate of drug-likeness (QED) is 0.912. The van der Waals surface area contributed by atoms with Crippen LogP contribution in [-0.2, 0) is 11.3 Å². The van der Waals surface area contributed by atoms with Crippen molar-refractivity contribution in [3.8, 4) is 0 Å². The lowest BCUT2D eigenvalue weighted by Gasteiger charge is -2.26. The molecule has 0 bridgehead atoms.